The van der Waals surface area contributed by atoms with E-state index in [9.17, 15) is 34.2 Å². The van der Waals surface area contributed by atoms with Crippen molar-refractivity contribution >= 4 is 41.4 Å². The summed E-state index contributed by atoms with van der Waals surface area (Å²) in [4.78, 5) is 59.7. The van der Waals surface area contributed by atoms with Gasteiger partial charge in [-0.3, -0.25) is 19.2 Å². The third-order valence-electron chi connectivity index (χ3n) is 7.33. The van der Waals surface area contributed by atoms with Crippen LogP contribution in [0.15, 0.2) is 0 Å². The number of aliphatic carboxylic acids is 2. The summed E-state index contributed by atoms with van der Waals surface area (Å²) < 4.78 is 22.2. The number of carboxylic acids is 2. The van der Waals surface area contributed by atoms with Gasteiger partial charge in [-0.05, 0) is 69.8 Å². The fourth-order valence-electron chi connectivity index (χ4n) is 5.72. The molecule has 0 aliphatic heterocycles. The third kappa shape index (κ3) is 24.4. The van der Waals surface area contributed by atoms with Crippen molar-refractivity contribution < 1.29 is 53.1 Å². The first-order valence-electron chi connectivity index (χ1n) is 16.8. The molecule has 5 N–H and O–H groups in total. The van der Waals surface area contributed by atoms with Crippen molar-refractivity contribution in [2.24, 2.45) is 16.2 Å². The monoisotopic (exact) mass is 721 g/mol. The maximum Gasteiger partial charge on any atom is 0.326 e. The molecule has 0 rings (SSSR count). The largest absolute Gasteiger partial charge is 0.481 e. The van der Waals surface area contributed by atoms with Crippen LogP contribution in [0.1, 0.15) is 87.5 Å². The van der Waals surface area contributed by atoms with Crippen molar-refractivity contribution in [1.29, 1.82) is 0 Å². The standard InChI is InChI=1S/C34H63N3O11S/c1-31(2,22-33(5,6)30(43)44)20-27(39)37-25(29(41)42)10-11-26(38)35-12-14-45-16-17-47-21-28(40)36-13-15-46-18-19-48-34(7,8)23-32(3,4)24-49-9/h25H,10-24H2,1-9H3,(H,35,38)(H,36,40)(H,37,39)(H,41,42)(H,43,44). The van der Waals surface area contributed by atoms with E-state index in [-0.39, 0.29) is 75.6 Å². The van der Waals surface area contributed by atoms with Gasteiger partial charge in [0, 0.05) is 25.9 Å². The van der Waals surface area contributed by atoms with E-state index in [0.29, 0.717) is 26.4 Å². The summed E-state index contributed by atoms with van der Waals surface area (Å²) in [6, 6.07) is -1.26. The molecular formula is C34H63N3O11S. The third-order valence-corrected chi connectivity index (χ3v) is 8.40. The molecule has 0 aliphatic carbocycles. The highest BCUT2D eigenvalue weighted by molar-refractivity contribution is 7.98. The summed E-state index contributed by atoms with van der Waals surface area (Å²) in [5, 5.41) is 26.6. The number of rotatable bonds is 29. The van der Waals surface area contributed by atoms with Crippen LogP contribution >= 0.6 is 11.8 Å². The fourth-order valence-corrected chi connectivity index (χ4v) is 6.60. The molecule has 0 radical (unpaired) electrons. The molecule has 0 heterocycles. The highest BCUT2D eigenvalue weighted by Gasteiger charge is 2.36. The summed E-state index contributed by atoms with van der Waals surface area (Å²) in [7, 11) is 0. The van der Waals surface area contributed by atoms with E-state index in [2.05, 4.69) is 49.9 Å². The molecule has 0 aromatic heterocycles. The van der Waals surface area contributed by atoms with Crippen LogP contribution in [0.2, 0.25) is 0 Å². The number of nitrogens with one attached hydrogen (secondary N) is 3. The number of amides is 3. The molecule has 0 spiro atoms. The van der Waals surface area contributed by atoms with E-state index in [1.54, 1.807) is 27.7 Å². The lowest BCUT2D eigenvalue weighted by atomic mass is 9.73. The molecule has 0 aromatic rings. The maximum absolute atomic E-state index is 12.5. The lowest BCUT2D eigenvalue weighted by Crippen LogP contribution is -2.43. The van der Waals surface area contributed by atoms with Crippen LogP contribution in [0.3, 0.4) is 0 Å². The summed E-state index contributed by atoms with van der Waals surface area (Å²) >= 11 is 1.83. The van der Waals surface area contributed by atoms with Crippen molar-refractivity contribution in [2.45, 2.75) is 99.1 Å². The molecule has 0 saturated heterocycles. The van der Waals surface area contributed by atoms with Crippen molar-refractivity contribution in [2.75, 3.05) is 71.3 Å². The predicted molar refractivity (Wildman–Crippen MR) is 189 cm³/mol. The first-order chi connectivity index (χ1) is 22.6. The molecule has 1 unspecified atom stereocenters. The highest BCUT2D eigenvalue weighted by Crippen LogP contribution is 2.36. The topological polar surface area (TPSA) is 199 Å². The Bertz CT molecular complexity index is 1030. The minimum Gasteiger partial charge on any atom is -0.481 e. The Kier molecular flexibility index (Phi) is 21.9. The van der Waals surface area contributed by atoms with Crippen molar-refractivity contribution in [3.8, 4) is 0 Å². The zero-order valence-electron chi connectivity index (χ0n) is 31.2. The molecule has 3 amide bonds. The second-order valence-corrected chi connectivity index (χ2v) is 15.9. The van der Waals surface area contributed by atoms with Crippen LogP contribution in [0.5, 0.6) is 0 Å². The first kappa shape index (κ1) is 46.5. The Hall–Kier alpha value is -2.46. The zero-order chi connectivity index (χ0) is 37.7. The molecule has 0 saturated carbocycles. The zero-order valence-corrected chi connectivity index (χ0v) is 32.0. The average Bonchev–Trinajstić information content (AvgIpc) is 2.94. The number of hydrogen-bond donors (Lipinski definition) is 5. The molecule has 49 heavy (non-hydrogen) atoms. The minimum absolute atomic E-state index is 0.0622. The number of carbonyl (C=O) groups is 5. The van der Waals surface area contributed by atoms with Gasteiger partial charge >= 0.3 is 11.9 Å². The molecule has 286 valence electrons. The van der Waals surface area contributed by atoms with E-state index in [4.69, 9.17) is 18.9 Å². The Morgan fingerprint density at radius 2 is 1.24 bits per heavy atom. The highest BCUT2D eigenvalue weighted by atomic mass is 32.2. The number of thioether (sulfide) groups is 1. The molecule has 0 bridgehead atoms. The second kappa shape index (κ2) is 23.1. The van der Waals surface area contributed by atoms with Crippen LogP contribution in [-0.4, -0.2) is 123 Å². The Morgan fingerprint density at radius 1 is 0.694 bits per heavy atom. The average molecular weight is 722 g/mol. The van der Waals surface area contributed by atoms with Crippen LogP contribution in [-0.2, 0) is 42.9 Å². The quantitative estimate of drug-likeness (QED) is 0.0709. The van der Waals surface area contributed by atoms with E-state index in [1.165, 1.54) is 0 Å². The van der Waals surface area contributed by atoms with E-state index < -0.39 is 40.6 Å². The van der Waals surface area contributed by atoms with Gasteiger partial charge in [-0.25, -0.2) is 4.79 Å². The summed E-state index contributed by atoms with van der Waals surface area (Å²) in [5.41, 5.74) is -1.78. The second-order valence-electron chi connectivity index (χ2n) is 15.1. The van der Waals surface area contributed by atoms with Crippen molar-refractivity contribution in [1.82, 2.24) is 16.0 Å². The van der Waals surface area contributed by atoms with Crippen molar-refractivity contribution in [3.05, 3.63) is 0 Å². The molecular weight excluding hydrogens is 658 g/mol. The number of ether oxygens (including phenoxy) is 4. The molecule has 14 nitrogen and oxygen atoms in total. The van der Waals surface area contributed by atoms with Crippen LogP contribution in [0, 0.1) is 16.2 Å². The van der Waals surface area contributed by atoms with Crippen LogP contribution in [0.4, 0.5) is 0 Å². The van der Waals surface area contributed by atoms with E-state index in [1.807, 2.05) is 11.8 Å². The Balaban J connectivity index is 4.00. The number of carboxylic acid groups (broad SMARTS) is 2. The molecule has 0 aromatic carbocycles. The SMILES string of the molecule is CSCC(C)(C)CC(C)(C)OCCOCCNC(=O)COCCOCCNC(=O)CCC(NC(=O)CC(C)(C)CC(C)(C)C(=O)O)C(=O)O. The maximum atomic E-state index is 12.5. The van der Waals surface area contributed by atoms with E-state index >= 15 is 0 Å². The van der Waals surface area contributed by atoms with Gasteiger partial charge < -0.3 is 45.1 Å². The fraction of sp³-hybridized carbons (Fsp3) is 0.853. The van der Waals surface area contributed by atoms with Crippen molar-refractivity contribution in [3.63, 3.8) is 0 Å². The Morgan fingerprint density at radius 3 is 1.80 bits per heavy atom. The van der Waals surface area contributed by atoms with Gasteiger partial charge in [0.1, 0.15) is 12.6 Å². The van der Waals surface area contributed by atoms with Crippen LogP contribution < -0.4 is 16.0 Å². The van der Waals surface area contributed by atoms with Gasteiger partial charge in [-0.1, -0.05) is 27.7 Å². The Labute approximate surface area is 296 Å². The van der Waals surface area contributed by atoms with Gasteiger partial charge in [0.2, 0.25) is 17.7 Å². The molecule has 15 heteroatoms. The molecule has 0 aliphatic rings. The number of hydrogen-bond acceptors (Lipinski definition) is 10. The lowest BCUT2D eigenvalue weighted by Gasteiger charge is -2.34. The molecule has 1 atom stereocenters. The molecule has 0 fully saturated rings. The summed E-state index contributed by atoms with van der Waals surface area (Å²) in [5.74, 6) is -2.38. The van der Waals surface area contributed by atoms with Gasteiger partial charge in [0.05, 0.1) is 50.7 Å². The normalized spacial score (nSPS) is 13.1. The number of carbonyl (C=O) groups excluding carboxylic acids is 3. The van der Waals surface area contributed by atoms with Gasteiger partial charge in [0.15, 0.2) is 0 Å². The van der Waals surface area contributed by atoms with E-state index in [0.717, 1.165) is 12.2 Å². The van der Waals surface area contributed by atoms with Crippen LogP contribution in [0.25, 0.3) is 0 Å². The predicted octanol–water partition coefficient (Wildman–Crippen LogP) is 3.11. The minimum atomic E-state index is -1.27. The lowest BCUT2D eigenvalue weighted by molar-refractivity contribution is -0.149. The van der Waals surface area contributed by atoms with Gasteiger partial charge in [-0.15, -0.1) is 0 Å². The van der Waals surface area contributed by atoms with Gasteiger partial charge in [-0.2, -0.15) is 11.8 Å². The summed E-state index contributed by atoms with van der Waals surface area (Å²) in [6.45, 7) is 17.6. The van der Waals surface area contributed by atoms with Gasteiger partial charge in [0.25, 0.3) is 0 Å². The summed E-state index contributed by atoms with van der Waals surface area (Å²) in [6.07, 6.45) is 2.97. The smallest absolute Gasteiger partial charge is 0.326 e. The first-order valence-corrected chi connectivity index (χ1v) is 18.2.